The fourth-order valence-electron chi connectivity index (χ4n) is 2.67. The second-order valence-electron chi connectivity index (χ2n) is 6.29. The van der Waals surface area contributed by atoms with Crippen LogP contribution in [-0.4, -0.2) is 42.5 Å². The van der Waals surface area contributed by atoms with Gasteiger partial charge in [0, 0.05) is 19.1 Å². The fraction of sp³-hybridized carbons (Fsp3) is 0.412. The Bertz CT molecular complexity index is 922. The molecule has 7 nitrogen and oxygen atoms in total. The summed E-state index contributed by atoms with van der Waals surface area (Å²) in [5.41, 5.74) is 1.68. The highest BCUT2D eigenvalue weighted by Gasteiger charge is 2.27. The number of nitrogens with zero attached hydrogens (tertiary/aromatic N) is 3. The number of amides is 1. The summed E-state index contributed by atoms with van der Waals surface area (Å²) in [6.45, 7) is 5.05. The summed E-state index contributed by atoms with van der Waals surface area (Å²) in [5.74, 6) is -0.267. The van der Waals surface area contributed by atoms with Gasteiger partial charge in [0.2, 0.25) is 15.9 Å². The van der Waals surface area contributed by atoms with E-state index < -0.39 is 10.0 Å². The molecular weight excluding hydrogens is 376 g/mol. The van der Waals surface area contributed by atoms with E-state index in [0.717, 1.165) is 9.87 Å². The number of carbonyl (C=O) groups is 1. The Balaban J connectivity index is 2.18. The van der Waals surface area contributed by atoms with Crippen molar-refractivity contribution in [3.05, 3.63) is 46.2 Å². The van der Waals surface area contributed by atoms with Crippen molar-refractivity contribution >= 4 is 27.5 Å². The summed E-state index contributed by atoms with van der Waals surface area (Å²) in [6, 6.07) is 7.02. The molecule has 1 aromatic carbocycles. The van der Waals surface area contributed by atoms with Gasteiger partial charge in [-0.05, 0) is 38.5 Å². The van der Waals surface area contributed by atoms with Gasteiger partial charge in [-0.3, -0.25) is 9.48 Å². The van der Waals surface area contributed by atoms with Crippen LogP contribution < -0.4 is 5.32 Å². The number of aryl methyl sites for hydroxylation is 1. The molecule has 0 fully saturated rings. The van der Waals surface area contributed by atoms with Crippen molar-refractivity contribution < 1.29 is 13.2 Å². The number of hydrogen-bond donors (Lipinski definition) is 1. The van der Waals surface area contributed by atoms with Gasteiger partial charge in [-0.1, -0.05) is 23.7 Å². The van der Waals surface area contributed by atoms with Crippen molar-refractivity contribution in [3.63, 3.8) is 0 Å². The van der Waals surface area contributed by atoms with Crippen LogP contribution in [0.5, 0.6) is 0 Å². The highest BCUT2D eigenvalue weighted by molar-refractivity contribution is 7.89. The molecule has 0 spiro atoms. The van der Waals surface area contributed by atoms with Crippen molar-refractivity contribution in [1.82, 2.24) is 19.4 Å². The summed E-state index contributed by atoms with van der Waals surface area (Å²) in [6.07, 6.45) is 0. The molecule has 0 bridgehead atoms. The van der Waals surface area contributed by atoms with Crippen LogP contribution in [0.1, 0.15) is 29.9 Å². The zero-order valence-corrected chi connectivity index (χ0v) is 17.0. The van der Waals surface area contributed by atoms with Crippen LogP contribution in [0.4, 0.5) is 0 Å². The van der Waals surface area contributed by atoms with Crippen molar-refractivity contribution in [2.24, 2.45) is 0 Å². The number of aromatic nitrogens is 2. The summed E-state index contributed by atoms with van der Waals surface area (Å²) in [5, 5.41) is 7.69. The van der Waals surface area contributed by atoms with Crippen molar-refractivity contribution in [3.8, 4) is 0 Å². The molecule has 1 N–H and O–H groups in total. The van der Waals surface area contributed by atoms with Crippen LogP contribution in [0.25, 0.3) is 0 Å². The summed E-state index contributed by atoms with van der Waals surface area (Å²) in [4.78, 5) is 12.5. The summed E-state index contributed by atoms with van der Waals surface area (Å²) >= 11 is 5.98. The topological polar surface area (TPSA) is 84.3 Å². The average Bonchev–Trinajstić information content (AvgIpc) is 2.81. The van der Waals surface area contributed by atoms with Crippen molar-refractivity contribution in [2.75, 3.05) is 14.1 Å². The number of benzene rings is 1. The van der Waals surface area contributed by atoms with E-state index in [-0.39, 0.29) is 23.4 Å². The number of rotatable bonds is 6. The second kappa shape index (κ2) is 7.77. The molecule has 142 valence electrons. The standard InChI is InChI=1S/C17H23ClN4O3S/c1-11(14-7-6-8-15(18)9-14)19-16(23)10-22-13(3)17(12(2)20-22)26(24,25)21(4)5/h6-9,11H,10H2,1-5H3,(H,19,23)/t11-/m0/s1. The molecule has 0 radical (unpaired) electrons. The lowest BCUT2D eigenvalue weighted by Gasteiger charge is -2.15. The lowest BCUT2D eigenvalue weighted by Crippen LogP contribution is -2.31. The Morgan fingerprint density at radius 3 is 2.58 bits per heavy atom. The van der Waals surface area contributed by atoms with E-state index in [0.29, 0.717) is 16.4 Å². The van der Waals surface area contributed by atoms with E-state index in [2.05, 4.69) is 10.4 Å². The Kier molecular flexibility index (Phi) is 6.10. The van der Waals surface area contributed by atoms with Gasteiger partial charge in [0.15, 0.2) is 0 Å². The second-order valence-corrected chi connectivity index (χ2v) is 8.81. The number of carbonyl (C=O) groups excluding carboxylic acids is 1. The maximum Gasteiger partial charge on any atom is 0.246 e. The van der Waals surface area contributed by atoms with Crippen molar-refractivity contribution in [2.45, 2.75) is 38.3 Å². The third kappa shape index (κ3) is 4.25. The molecule has 1 amide bonds. The van der Waals surface area contributed by atoms with Gasteiger partial charge < -0.3 is 5.32 Å². The van der Waals surface area contributed by atoms with Crippen LogP contribution in [0.15, 0.2) is 29.2 Å². The van der Waals surface area contributed by atoms with Crippen molar-refractivity contribution in [1.29, 1.82) is 0 Å². The average molecular weight is 399 g/mol. The summed E-state index contributed by atoms with van der Waals surface area (Å²) in [7, 11) is -0.694. The third-order valence-electron chi connectivity index (χ3n) is 4.07. The van der Waals surface area contributed by atoms with E-state index in [1.54, 1.807) is 26.0 Å². The van der Waals surface area contributed by atoms with Gasteiger partial charge >= 0.3 is 0 Å². The Hall–Kier alpha value is -1.90. The molecule has 0 saturated heterocycles. The molecular formula is C17H23ClN4O3S. The largest absolute Gasteiger partial charge is 0.348 e. The zero-order valence-electron chi connectivity index (χ0n) is 15.4. The first-order valence-electron chi connectivity index (χ1n) is 8.05. The molecule has 2 aromatic rings. The van der Waals surface area contributed by atoms with Gasteiger partial charge in [-0.25, -0.2) is 12.7 Å². The summed E-state index contributed by atoms with van der Waals surface area (Å²) < 4.78 is 27.4. The Morgan fingerprint density at radius 2 is 2.00 bits per heavy atom. The molecule has 0 aliphatic rings. The maximum absolute atomic E-state index is 12.4. The van der Waals surface area contributed by atoms with Crippen LogP contribution in [0.2, 0.25) is 5.02 Å². The third-order valence-corrected chi connectivity index (χ3v) is 6.38. The Labute approximate surface area is 159 Å². The van der Waals surface area contributed by atoms with Crippen LogP contribution in [0, 0.1) is 13.8 Å². The highest BCUT2D eigenvalue weighted by atomic mass is 35.5. The van der Waals surface area contributed by atoms with Gasteiger partial charge in [-0.15, -0.1) is 0 Å². The van der Waals surface area contributed by atoms with Crippen LogP contribution in [-0.2, 0) is 21.4 Å². The van der Waals surface area contributed by atoms with Gasteiger partial charge in [0.05, 0.1) is 17.4 Å². The smallest absolute Gasteiger partial charge is 0.246 e. The van der Waals surface area contributed by atoms with E-state index in [1.807, 2.05) is 19.1 Å². The molecule has 26 heavy (non-hydrogen) atoms. The first-order valence-corrected chi connectivity index (χ1v) is 9.87. The zero-order chi connectivity index (χ0) is 19.6. The minimum Gasteiger partial charge on any atom is -0.348 e. The molecule has 2 rings (SSSR count). The van der Waals surface area contributed by atoms with Crippen LogP contribution >= 0.6 is 11.6 Å². The molecule has 0 saturated carbocycles. The lowest BCUT2D eigenvalue weighted by molar-refractivity contribution is -0.122. The SMILES string of the molecule is Cc1nn(CC(=O)N[C@@H](C)c2cccc(Cl)c2)c(C)c1S(=O)(=O)N(C)C. The van der Waals surface area contributed by atoms with E-state index in [4.69, 9.17) is 11.6 Å². The highest BCUT2D eigenvalue weighted by Crippen LogP contribution is 2.22. The molecule has 1 heterocycles. The molecule has 9 heteroatoms. The molecule has 0 aliphatic carbocycles. The molecule has 0 unspecified atom stereocenters. The number of sulfonamides is 1. The van der Waals surface area contributed by atoms with Gasteiger partial charge in [-0.2, -0.15) is 5.10 Å². The van der Waals surface area contributed by atoms with E-state index in [9.17, 15) is 13.2 Å². The van der Waals surface area contributed by atoms with Gasteiger partial charge in [0.1, 0.15) is 11.4 Å². The first-order chi connectivity index (χ1) is 12.0. The molecule has 0 aliphatic heterocycles. The van der Waals surface area contributed by atoms with Crippen LogP contribution in [0.3, 0.4) is 0 Å². The van der Waals surface area contributed by atoms with E-state index >= 15 is 0 Å². The minimum atomic E-state index is -3.62. The molecule has 1 atom stereocenters. The number of halogens is 1. The maximum atomic E-state index is 12.4. The number of hydrogen-bond acceptors (Lipinski definition) is 4. The monoisotopic (exact) mass is 398 g/mol. The number of nitrogens with one attached hydrogen (secondary N) is 1. The lowest BCUT2D eigenvalue weighted by atomic mass is 10.1. The minimum absolute atomic E-state index is 0.0689. The predicted octanol–water partition coefficient (Wildman–Crippen LogP) is 2.28. The Morgan fingerprint density at radius 1 is 1.35 bits per heavy atom. The molecule has 1 aromatic heterocycles. The van der Waals surface area contributed by atoms with E-state index in [1.165, 1.54) is 18.8 Å². The quantitative estimate of drug-likeness (QED) is 0.809. The normalized spacial score (nSPS) is 13.0. The predicted molar refractivity (Wildman–Crippen MR) is 101 cm³/mol. The van der Waals surface area contributed by atoms with Gasteiger partial charge in [0.25, 0.3) is 0 Å². The fourth-order valence-corrected chi connectivity index (χ4v) is 4.13. The first kappa shape index (κ1) is 20.4.